The van der Waals surface area contributed by atoms with Gasteiger partial charge in [-0.3, -0.25) is 4.90 Å². The van der Waals surface area contributed by atoms with Crippen molar-refractivity contribution in [3.05, 3.63) is 41.5 Å². The first-order valence-electron chi connectivity index (χ1n) is 6.87. The normalized spacial score (nSPS) is 11.7. The molecular formula is C16H23NO3. The predicted molar refractivity (Wildman–Crippen MR) is 80.4 cm³/mol. The number of aliphatic carboxylic acids is 1. The van der Waals surface area contributed by atoms with Crippen LogP contribution in [0.3, 0.4) is 0 Å². The molecule has 1 aromatic rings. The number of aliphatic hydroxyl groups is 1. The van der Waals surface area contributed by atoms with E-state index in [2.05, 4.69) is 18.7 Å². The lowest BCUT2D eigenvalue weighted by Crippen LogP contribution is -2.31. The number of aliphatic hydroxyl groups excluding tert-OH is 1. The average Bonchev–Trinajstić information content (AvgIpc) is 2.41. The second-order valence-corrected chi connectivity index (χ2v) is 5.06. The number of carbonyl (C=O) groups is 1. The molecule has 20 heavy (non-hydrogen) atoms. The van der Waals surface area contributed by atoms with Crippen LogP contribution in [-0.4, -0.2) is 40.3 Å². The van der Waals surface area contributed by atoms with Gasteiger partial charge in [0.1, 0.15) is 0 Å². The second-order valence-electron chi connectivity index (χ2n) is 5.06. The van der Waals surface area contributed by atoms with Crippen molar-refractivity contribution >= 4 is 12.0 Å². The average molecular weight is 277 g/mol. The van der Waals surface area contributed by atoms with E-state index in [4.69, 9.17) is 10.2 Å². The Morgan fingerprint density at radius 2 is 2.15 bits per heavy atom. The monoisotopic (exact) mass is 277 g/mol. The van der Waals surface area contributed by atoms with Crippen LogP contribution in [0, 0.1) is 0 Å². The Kier molecular flexibility index (Phi) is 6.98. The fraction of sp³-hybridized carbons (Fsp3) is 0.438. The number of carboxylic acid groups (broad SMARTS) is 1. The lowest BCUT2D eigenvalue weighted by atomic mass is 10.1. The summed E-state index contributed by atoms with van der Waals surface area (Å²) in [5.41, 5.74) is 2.03. The van der Waals surface area contributed by atoms with Crippen molar-refractivity contribution in [1.29, 1.82) is 0 Å². The maximum absolute atomic E-state index is 10.5. The fourth-order valence-electron chi connectivity index (χ4n) is 1.99. The molecule has 4 heteroatoms. The molecule has 0 amide bonds. The van der Waals surface area contributed by atoms with Gasteiger partial charge in [0.25, 0.3) is 0 Å². The van der Waals surface area contributed by atoms with Crippen LogP contribution in [0.2, 0.25) is 0 Å². The number of hydrogen-bond acceptors (Lipinski definition) is 3. The molecule has 0 aliphatic rings. The molecule has 0 saturated heterocycles. The molecule has 1 rings (SSSR count). The smallest absolute Gasteiger partial charge is 0.328 e. The molecule has 0 fully saturated rings. The highest BCUT2D eigenvalue weighted by molar-refractivity contribution is 5.85. The fourth-order valence-corrected chi connectivity index (χ4v) is 1.99. The highest BCUT2D eigenvalue weighted by Gasteiger charge is 2.09. The summed E-state index contributed by atoms with van der Waals surface area (Å²) in [5.74, 6) is -0.942. The van der Waals surface area contributed by atoms with Crippen LogP contribution in [0.15, 0.2) is 30.3 Å². The summed E-state index contributed by atoms with van der Waals surface area (Å²) in [7, 11) is 0. The molecule has 4 nitrogen and oxygen atoms in total. The first-order valence-corrected chi connectivity index (χ1v) is 6.87. The molecular weight excluding hydrogens is 254 g/mol. The van der Waals surface area contributed by atoms with Gasteiger partial charge in [-0.1, -0.05) is 24.3 Å². The number of hydrogen-bond donors (Lipinski definition) is 2. The van der Waals surface area contributed by atoms with Crippen molar-refractivity contribution in [2.75, 3.05) is 13.2 Å². The van der Waals surface area contributed by atoms with Crippen LogP contribution in [0.25, 0.3) is 6.08 Å². The van der Waals surface area contributed by atoms with Gasteiger partial charge in [-0.05, 0) is 37.5 Å². The minimum absolute atomic E-state index is 0.199. The van der Waals surface area contributed by atoms with Crippen molar-refractivity contribution in [3.63, 3.8) is 0 Å². The third-order valence-electron chi connectivity index (χ3n) is 3.09. The third kappa shape index (κ3) is 5.99. The molecule has 0 saturated carbocycles. The van der Waals surface area contributed by atoms with Gasteiger partial charge in [-0.2, -0.15) is 0 Å². The van der Waals surface area contributed by atoms with Gasteiger partial charge in [0.15, 0.2) is 0 Å². The van der Waals surface area contributed by atoms with E-state index in [0.29, 0.717) is 6.04 Å². The first-order chi connectivity index (χ1) is 9.52. The lowest BCUT2D eigenvalue weighted by Gasteiger charge is -2.26. The molecule has 0 atom stereocenters. The van der Waals surface area contributed by atoms with Gasteiger partial charge in [-0.15, -0.1) is 0 Å². The second kappa shape index (κ2) is 8.51. The lowest BCUT2D eigenvalue weighted by molar-refractivity contribution is -0.131. The van der Waals surface area contributed by atoms with Crippen molar-refractivity contribution in [2.45, 2.75) is 32.9 Å². The summed E-state index contributed by atoms with van der Waals surface area (Å²) >= 11 is 0. The zero-order valence-electron chi connectivity index (χ0n) is 12.1. The zero-order chi connectivity index (χ0) is 15.0. The van der Waals surface area contributed by atoms with E-state index in [1.165, 1.54) is 0 Å². The van der Waals surface area contributed by atoms with Crippen molar-refractivity contribution < 1.29 is 15.0 Å². The van der Waals surface area contributed by atoms with Gasteiger partial charge in [0.2, 0.25) is 0 Å². The number of carboxylic acids is 1. The Morgan fingerprint density at radius 1 is 1.40 bits per heavy atom. The minimum Gasteiger partial charge on any atom is -0.478 e. The molecule has 1 aromatic carbocycles. The Hall–Kier alpha value is -1.65. The van der Waals surface area contributed by atoms with E-state index in [0.717, 1.165) is 36.7 Å². The molecule has 0 spiro atoms. The Balaban J connectivity index is 2.74. The molecule has 0 unspecified atom stereocenters. The van der Waals surface area contributed by atoms with Gasteiger partial charge >= 0.3 is 5.97 Å². The maximum Gasteiger partial charge on any atom is 0.328 e. The van der Waals surface area contributed by atoms with Gasteiger partial charge in [-0.25, -0.2) is 4.79 Å². The summed E-state index contributed by atoms with van der Waals surface area (Å²) in [6, 6.07) is 8.25. The summed E-state index contributed by atoms with van der Waals surface area (Å²) in [6.07, 6.45) is 3.50. The highest BCUT2D eigenvalue weighted by Crippen LogP contribution is 2.12. The highest BCUT2D eigenvalue weighted by atomic mass is 16.4. The van der Waals surface area contributed by atoms with Gasteiger partial charge in [0, 0.05) is 31.8 Å². The summed E-state index contributed by atoms with van der Waals surface area (Å²) in [4.78, 5) is 12.8. The van der Waals surface area contributed by atoms with E-state index in [-0.39, 0.29) is 6.61 Å². The Bertz CT molecular complexity index is 455. The molecule has 0 aliphatic carbocycles. The van der Waals surface area contributed by atoms with Crippen LogP contribution in [0.1, 0.15) is 31.4 Å². The van der Waals surface area contributed by atoms with E-state index >= 15 is 0 Å². The van der Waals surface area contributed by atoms with E-state index < -0.39 is 5.97 Å². The molecule has 2 N–H and O–H groups in total. The van der Waals surface area contributed by atoms with E-state index in [1.54, 1.807) is 6.08 Å². The summed E-state index contributed by atoms with van der Waals surface area (Å²) in [6.45, 7) is 6.11. The molecule has 110 valence electrons. The minimum atomic E-state index is -0.942. The Morgan fingerprint density at radius 3 is 2.75 bits per heavy atom. The van der Waals surface area contributed by atoms with Crippen molar-refractivity contribution in [3.8, 4) is 0 Å². The molecule has 0 aromatic heterocycles. The summed E-state index contributed by atoms with van der Waals surface area (Å²) in [5, 5.41) is 17.6. The number of nitrogens with zero attached hydrogens (tertiary/aromatic N) is 1. The van der Waals surface area contributed by atoms with E-state index in [9.17, 15) is 4.79 Å². The standard InChI is InChI=1S/C16H23NO3/c1-13(2)17(9-4-10-18)12-15-6-3-5-14(11-15)7-8-16(19)20/h3,5-8,11,13,18H,4,9-10,12H2,1-2H3,(H,19,20). The zero-order valence-corrected chi connectivity index (χ0v) is 12.1. The number of rotatable bonds is 8. The third-order valence-corrected chi connectivity index (χ3v) is 3.09. The largest absolute Gasteiger partial charge is 0.478 e. The molecule has 0 radical (unpaired) electrons. The predicted octanol–water partition coefficient (Wildman–Crippen LogP) is 2.38. The van der Waals surface area contributed by atoms with Crippen LogP contribution in [-0.2, 0) is 11.3 Å². The first kappa shape index (κ1) is 16.4. The van der Waals surface area contributed by atoms with Gasteiger partial charge in [0.05, 0.1) is 0 Å². The molecule has 0 aliphatic heterocycles. The van der Waals surface area contributed by atoms with Crippen LogP contribution in [0.5, 0.6) is 0 Å². The molecule has 0 heterocycles. The van der Waals surface area contributed by atoms with Crippen molar-refractivity contribution in [2.24, 2.45) is 0 Å². The SMILES string of the molecule is CC(C)N(CCCO)Cc1cccc(C=CC(=O)O)c1. The summed E-state index contributed by atoms with van der Waals surface area (Å²) < 4.78 is 0. The van der Waals surface area contributed by atoms with Crippen LogP contribution < -0.4 is 0 Å². The quantitative estimate of drug-likeness (QED) is 0.716. The molecule has 0 bridgehead atoms. The number of benzene rings is 1. The van der Waals surface area contributed by atoms with Crippen LogP contribution in [0.4, 0.5) is 0 Å². The van der Waals surface area contributed by atoms with Crippen LogP contribution >= 0.6 is 0 Å². The van der Waals surface area contributed by atoms with E-state index in [1.807, 2.05) is 24.3 Å². The van der Waals surface area contributed by atoms with Gasteiger partial charge < -0.3 is 10.2 Å². The van der Waals surface area contributed by atoms with Crippen molar-refractivity contribution in [1.82, 2.24) is 4.90 Å². The topological polar surface area (TPSA) is 60.8 Å². The Labute approximate surface area is 120 Å². The maximum atomic E-state index is 10.5.